The van der Waals surface area contributed by atoms with Crippen molar-refractivity contribution in [2.24, 2.45) is 0 Å². The zero-order chi connectivity index (χ0) is 27.6. The lowest BCUT2D eigenvalue weighted by Crippen LogP contribution is -2.31. The molecule has 0 saturated heterocycles. The zero-order valence-electron chi connectivity index (χ0n) is 22.0. The number of nitrogens with zero attached hydrogens (tertiary/aromatic N) is 3. The van der Waals surface area contributed by atoms with Crippen molar-refractivity contribution in [3.63, 3.8) is 0 Å². The van der Waals surface area contributed by atoms with Crippen LogP contribution in [0.3, 0.4) is 0 Å². The molecule has 1 aromatic heterocycles. The Hall–Kier alpha value is -4.01. The summed E-state index contributed by atoms with van der Waals surface area (Å²) in [5.74, 6) is -0.244. The highest BCUT2D eigenvalue weighted by molar-refractivity contribution is 7.92. The first-order chi connectivity index (χ1) is 18.8. The molecule has 5 aromatic rings. The average Bonchev–Trinajstić information content (AvgIpc) is 3.37. The van der Waals surface area contributed by atoms with Crippen molar-refractivity contribution in [1.29, 1.82) is 0 Å². The van der Waals surface area contributed by atoms with Gasteiger partial charge in [0.05, 0.1) is 27.3 Å². The van der Waals surface area contributed by atoms with Crippen molar-refractivity contribution in [1.82, 2.24) is 4.98 Å². The van der Waals surface area contributed by atoms with E-state index in [1.54, 1.807) is 48.2 Å². The summed E-state index contributed by atoms with van der Waals surface area (Å²) in [7, 11) is -3.80. The Morgan fingerprint density at radius 3 is 2.15 bits per heavy atom. The number of aryl methyl sites for hydroxylation is 2. The number of hydrogen-bond acceptors (Lipinski definition) is 5. The van der Waals surface area contributed by atoms with Crippen LogP contribution in [-0.4, -0.2) is 25.9 Å². The number of para-hydroxylation sites is 1. The largest absolute Gasteiger partial charge is 0.279 e. The SMILES string of the molecule is CCN(c1ccccc1)S(=O)(=O)c1ccc(C(=O)N(Cc2ccccc2)c2nc3cc(C)cc(C)c3s2)cc1. The van der Waals surface area contributed by atoms with Crippen LogP contribution in [0.5, 0.6) is 0 Å². The fourth-order valence-corrected chi connectivity index (χ4v) is 7.10. The third-order valence-corrected chi connectivity index (χ3v) is 9.64. The molecule has 0 radical (unpaired) electrons. The Morgan fingerprint density at radius 2 is 1.51 bits per heavy atom. The van der Waals surface area contributed by atoms with Crippen molar-refractivity contribution in [3.8, 4) is 0 Å². The van der Waals surface area contributed by atoms with E-state index in [9.17, 15) is 13.2 Å². The van der Waals surface area contributed by atoms with Crippen LogP contribution >= 0.6 is 11.3 Å². The molecule has 1 amide bonds. The second kappa shape index (κ2) is 11.0. The van der Waals surface area contributed by atoms with Gasteiger partial charge in [-0.25, -0.2) is 13.4 Å². The highest BCUT2D eigenvalue weighted by atomic mass is 32.2. The highest BCUT2D eigenvalue weighted by Crippen LogP contribution is 2.34. The maximum absolute atomic E-state index is 13.9. The van der Waals surface area contributed by atoms with E-state index in [1.165, 1.54) is 27.8 Å². The molecule has 0 unspecified atom stereocenters. The molecule has 0 N–H and O–H groups in total. The third-order valence-electron chi connectivity index (χ3n) is 6.49. The Morgan fingerprint density at radius 1 is 0.872 bits per heavy atom. The zero-order valence-corrected chi connectivity index (χ0v) is 23.7. The number of hydrogen-bond donors (Lipinski definition) is 0. The van der Waals surface area contributed by atoms with Crippen molar-refractivity contribution in [2.75, 3.05) is 15.7 Å². The van der Waals surface area contributed by atoms with E-state index >= 15 is 0 Å². The number of sulfonamides is 1. The summed E-state index contributed by atoms with van der Waals surface area (Å²) < 4.78 is 29.2. The number of thiazole rings is 1. The first kappa shape index (κ1) is 26.6. The Bertz CT molecular complexity index is 1720. The first-order valence-corrected chi connectivity index (χ1v) is 14.9. The predicted molar refractivity (Wildman–Crippen MR) is 159 cm³/mol. The summed E-state index contributed by atoms with van der Waals surface area (Å²) in [6.07, 6.45) is 0. The third kappa shape index (κ3) is 5.44. The molecule has 198 valence electrons. The van der Waals surface area contributed by atoms with Crippen LogP contribution in [0.4, 0.5) is 10.8 Å². The number of aromatic nitrogens is 1. The smallest absolute Gasteiger partial charge is 0.264 e. The standard InChI is InChI=1S/C31H29N3O3S2/c1-4-34(26-13-9-6-10-14-26)39(36,37)27-17-15-25(16-18-27)30(35)33(21-24-11-7-5-8-12-24)31-32-28-20-22(2)19-23(3)29(28)38-31/h5-20H,4,21H2,1-3H3. The minimum absolute atomic E-state index is 0.130. The van der Waals surface area contributed by atoms with Crippen LogP contribution < -0.4 is 9.21 Å². The summed E-state index contributed by atoms with van der Waals surface area (Å²) in [4.78, 5) is 20.5. The number of anilines is 2. The number of carbonyl (C=O) groups is 1. The molecule has 0 atom stereocenters. The Kier molecular flexibility index (Phi) is 7.50. The second-order valence-corrected chi connectivity index (χ2v) is 12.2. The average molecular weight is 556 g/mol. The number of fused-ring (bicyclic) bond motifs is 1. The van der Waals surface area contributed by atoms with Crippen molar-refractivity contribution in [3.05, 3.63) is 119 Å². The summed E-state index contributed by atoms with van der Waals surface area (Å²) in [5, 5.41) is 0.602. The molecule has 5 rings (SSSR count). The molecule has 0 bridgehead atoms. The fourth-order valence-electron chi connectivity index (χ4n) is 4.61. The van der Waals surface area contributed by atoms with Gasteiger partial charge in [-0.2, -0.15) is 0 Å². The van der Waals surface area contributed by atoms with Crippen LogP contribution in [0.25, 0.3) is 10.2 Å². The number of benzene rings is 4. The van der Waals surface area contributed by atoms with Gasteiger partial charge in [-0.05, 0) is 79.9 Å². The second-order valence-electron chi connectivity index (χ2n) is 9.33. The minimum atomic E-state index is -3.80. The van der Waals surface area contributed by atoms with E-state index in [0.29, 0.717) is 22.9 Å². The monoisotopic (exact) mass is 555 g/mol. The van der Waals surface area contributed by atoms with Gasteiger partial charge >= 0.3 is 0 Å². The molecule has 0 saturated carbocycles. The van der Waals surface area contributed by atoms with E-state index in [4.69, 9.17) is 4.98 Å². The van der Waals surface area contributed by atoms with Gasteiger partial charge in [0, 0.05) is 12.1 Å². The van der Waals surface area contributed by atoms with Gasteiger partial charge in [0.1, 0.15) is 0 Å². The van der Waals surface area contributed by atoms with Crippen molar-refractivity contribution < 1.29 is 13.2 Å². The van der Waals surface area contributed by atoms with E-state index in [0.717, 1.165) is 26.9 Å². The lowest BCUT2D eigenvalue weighted by atomic mass is 10.1. The highest BCUT2D eigenvalue weighted by Gasteiger charge is 2.26. The molecule has 0 spiro atoms. The van der Waals surface area contributed by atoms with Gasteiger partial charge in [-0.3, -0.25) is 14.0 Å². The van der Waals surface area contributed by atoms with Crippen LogP contribution in [0.1, 0.15) is 34.0 Å². The quantitative estimate of drug-likeness (QED) is 0.207. The molecule has 0 aliphatic rings. The topological polar surface area (TPSA) is 70.6 Å². The van der Waals surface area contributed by atoms with Crippen LogP contribution in [0, 0.1) is 13.8 Å². The van der Waals surface area contributed by atoms with Crippen LogP contribution in [0.15, 0.2) is 102 Å². The van der Waals surface area contributed by atoms with Crippen molar-refractivity contribution in [2.45, 2.75) is 32.2 Å². The number of rotatable bonds is 8. The van der Waals surface area contributed by atoms with Crippen LogP contribution in [0.2, 0.25) is 0 Å². The lowest BCUT2D eigenvalue weighted by Gasteiger charge is -2.23. The lowest BCUT2D eigenvalue weighted by molar-refractivity contribution is 0.0985. The molecule has 4 aromatic carbocycles. The maximum atomic E-state index is 13.9. The van der Waals surface area contributed by atoms with Gasteiger partial charge < -0.3 is 0 Å². The summed E-state index contributed by atoms with van der Waals surface area (Å²) in [6.45, 7) is 6.51. The van der Waals surface area contributed by atoms with E-state index in [-0.39, 0.29) is 17.3 Å². The Balaban J connectivity index is 1.50. The van der Waals surface area contributed by atoms with Gasteiger partial charge in [0.2, 0.25) is 0 Å². The van der Waals surface area contributed by atoms with E-state index in [2.05, 4.69) is 13.0 Å². The molecule has 0 aliphatic carbocycles. The maximum Gasteiger partial charge on any atom is 0.264 e. The molecular weight excluding hydrogens is 526 g/mol. The fraction of sp³-hybridized carbons (Fsp3) is 0.161. The summed E-state index contributed by atoms with van der Waals surface area (Å²) in [6, 6.07) is 29.1. The molecule has 1 heterocycles. The molecule has 8 heteroatoms. The van der Waals surface area contributed by atoms with Crippen LogP contribution in [-0.2, 0) is 16.6 Å². The molecule has 0 fully saturated rings. The minimum Gasteiger partial charge on any atom is -0.279 e. The Labute approximate surface area is 233 Å². The molecular formula is C31H29N3O3S2. The molecule has 0 aliphatic heterocycles. The van der Waals surface area contributed by atoms with Gasteiger partial charge in [0.25, 0.3) is 15.9 Å². The number of amides is 1. The van der Waals surface area contributed by atoms with E-state index in [1.807, 2.05) is 49.4 Å². The predicted octanol–water partition coefficient (Wildman–Crippen LogP) is 6.98. The molecule has 39 heavy (non-hydrogen) atoms. The van der Waals surface area contributed by atoms with E-state index < -0.39 is 10.0 Å². The van der Waals surface area contributed by atoms with Crippen molar-refractivity contribution >= 4 is 48.3 Å². The first-order valence-electron chi connectivity index (χ1n) is 12.7. The van der Waals surface area contributed by atoms with Gasteiger partial charge in [-0.15, -0.1) is 0 Å². The number of carbonyl (C=O) groups excluding carboxylic acids is 1. The summed E-state index contributed by atoms with van der Waals surface area (Å²) >= 11 is 1.49. The summed E-state index contributed by atoms with van der Waals surface area (Å²) in [5.41, 5.74) is 5.05. The van der Waals surface area contributed by atoms with Gasteiger partial charge in [0.15, 0.2) is 5.13 Å². The molecule has 6 nitrogen and oxygen atoms in total. The normalized spacial score (nSPS) is 11.5. The van der Waals surface area contributed by atoms with Gasteiger partial charge in [-0.1, -0.05) is 65.9 Å².